The molecule has 1 N–H and O–H groups in total. The molecule has 3 atom stereocenters. The highest BCUT2D eigenvalue weighted by Gasteiger charge is 2.32. The van der Waals surface area contributed by atoms with Crippen molar-refractivity contribution in [3.05, 3.63) is 0 Å². The molecule has 0 spiro atoms. The molecule has 1 aliphatic rings. The third-order valence-electron chi connectivity index (χ3n) is 5.15. The zero-order valence-corrected chi connectivity index (χ0v) is 15.8. The highest BCUT2D eigenvalue weighted by molar-refractivity contribution is 5.75. The van der Waals surface area contributed by atoms with Crippen molar-refractivity contribution < 1.29 is 19.4 Å². The Bertz CT molecular complexity index is 378. The monoisotopic (exact) mass is 340 g/mol. The van der Waals surface area contributed by atoms with Crippen molar-refractivity contribution in [3.8, 4) is 0 Å². The molecule has 0 radical (unpaired) electrons. The molecule has 4 heteroatoms. The van der Waals surface area contributed by atoms with Gasteiger partial charge in [0, 0.05) is 0 Å². The molecule has 0 aromatic rings. The van der Waals surface area contributed by atoms with Crippen molar-refractivity contribution in [2.45, 2.75) is 97.5 Å². The van der Waals surface area contributed by atoms with Gasteiger partial charge in [-0.2, -0.15) is 0 Å². The lowest BCUT2D eigenvalue weighted by molar-refractivity contribution is -0.157. The molecule has 1 fully saturated rings. The highest BCUT2D eigenvalue weighted by Crippen LogP contribution is 2.30. The molecule has 0 bridgehead atoms. The summed E-state index contributed by atoms with van der Waals surface area (Å²) in [6.07, 6.45) is 10.6. The fourth-order valence-corrected chi connectivity index (χ4v) is 3.51. The number of carbonyl (C=O) groups is 2. The van der Waals surface area contributed by atoms with Gasteiger partial charge in [0.05, 0.1) is 11.8 Å². The van der Waals surface area contributed by atoms with Crippen LogP contribution < -0.4 is 0 Å². The molecule has 0 aliphatic heterocycles. The molecule has 0 aromatic carbocycles. The Balaban J connectivity index is 2.26. The van der Waals surface area contributed by atoms with Crippen LogP contribution in [0.2, 0.25) is 0 Å². The number of hydrogen-bond acceptors (Lipinski definition) is 3. The van der Waals surface area contributed by atoms with E-state index < -0.39 is 5.97 Å². The second kappa shape index (κ2) is 11.5. The molecule has 0 heterocycles. The van der Waals surface area contributed by atoms with Crippen molar-refractivity contribution in [3.63, 3.8) is 0 Å². The molecule has 1 aliphatic carbocycles. The lowest BCUT2D eigenvalue weighted by Gasteiger charge is -2.27. The standard InChI is InChI=1S/C20H36O4/c1-4-18(13-8-6-5-7-10-15(2)3)24-20(23)17-12-9-11-16(14-17)19(21)22/h15-18H,4-14H2,1-3H3,(H,21,22). The number of ether oxygens (including phenoxy) is 1. The van der Waals surface area contributed by atoms with Gasteiger partial charge in [0.15, 0.2) is 0 Å². The average molecular weight is 341 g/mol. The first kappa shape index (κ1) is 21.0. The van der Waals surface area contributed by atoms with Gasteiger partial charge in [-0.1, -0.05) is 52.9 Å². The van der Waals surface area contributed by atoms with Gasteiger partial charge in [-0.15, -0.1) is 0 Å². The normalized spacial score (nSPS) is 22.3. The quantitative estimate of drug-likeness (QED) is 0.415. The van der Waals surface area contributed by atoms with E-state index in [1.807, 2.05) is 0 Å². The summed E-state index contributed by atoms with van der Waals surface area (Å²) in [5.74, 6) is -0.773. The number of hydrogen-bond donors (Lipinski definition) is 1. The van der Waals surface area contributed by atoms with Crippen LogP contribution in [0.15, 0.2) is 0 Å². The first-order valence-corrected chi connectivity index (χ1v) is 9.87. The van der Waals surface area contributed by atoms with E-state index in [2.05, 4.69) is 20.8 Å². The summed E-state index contributed by atoms with van der Waals surface area (Å²) in [7, 11) is 0. The number of esters is 1. The van der Waals surface area contributed by atoms with Crippen LogP contribution in [0.4, 0.5) is 0 Å². The minimum atomic E-state index is -0.777. The van der Waals surface area contributed by atoms with Gasteiger partial charge in [0.2, 0.25) is 0 Å². The Morgan fingerprint density at radius 1 is 1.04 bits per heavy atom. The third kappa shape index (κ3) is 8.16. The maximum absolute atomic E-state index is 12.3. The largest absolute Gasteiger partial charge is 0.481 e. The van der Waals surface area contributed by atoms with E-state index in [0.29, 0.717) is 12.8 Å². The Morgan fingerprint density at radius 3 is 2.25 bits per heavy atom. The smallest absolute Gasteiger partial charge is 0.309 e. The van der Waals surface area contributed by atoms with Crippen molar-refractivity contribution in [2.75, 3.05) is 0 Å². The number of unbranched alkanes of at least 4 members (excludes halogenated alkanes) is 3. The van der Waals surface area contributed by atoms with Crippen LogP contribution in [0.1, 0.15) is 91.4 Å². The second-order valence-electron chi connectivity index (χ2n) is 7.75. The molecular weight excluding hydrogens is 304 g/mol. The van der Waals surface area contributed by atoms with Crippen LogP contribution in [0, 0.1) is 17.8 Å². The topological polar surface area (TPSA) is 63.6 Å². The maximum Gasteiger partial charge on any atom is 0.309 e. The number of carboxylic acid groups (broad SMARTS) is 1. The molecule has 1 saturated carbocycles. The fraction of sp³-hybridized carbons (Fsp3) is 0.900. The highest BCUT2D eigenvalue weighted by atomic mass is 16.5. The SMILES string of the molecule is CCC(CCCCCCC(C)C)OC(=O)C1CCCC(C(=O)O)C1. The molecule has 24 heavy (non-hydrogen) atoms. The number of carboxylic acids is 1. The molecule has 0 amide bonds. The summed E-state index contributed by atoms with van der Waals surface area (Å²) in [4.78, 5) is 23.4. The third-order valence-corrected chi connectivity index (χ3v) is 5.15. The summed E-state index contributed by atoms with van der Waals surface area (Å²) in [5.41, 5.74) is 0. The lowest BCUT2D eigenvalue weighted by atomic mass is 9.81. The molecule has 4 nitrogen and oxygen atoms in total. The number of rotatable bonds is 11. The summed E-state index contributed by atoms with van der Waals surface area (Å²) >= 11 is 0. The summed E-state index contributed by atoms with van der Waals surface area (Å²) in [6.45, 7) is 6.57. The van der Waals surface area contributed by atoms with Crippen LogP contribution in [-0.4, -0.2) is 23.1 Å². The molecule has 140 valence electrons. The van der Waals surface area contributed by atoms with Crippen LogP contribution in [0.5, 0.6) is 0 Å². The van der Waals surface area contributed by atoms with Crippen LogP contribution in [0.25, 0.3) is 0 Å². The van der Waals surface area contributed by atoms with E-state index in [1.54, 1.807) is 0 Å². The Labute approximate surface area is 147 Å². The number of carbonyl (C=O) groups excluding carboxylic acids is 1. The summed E-state index contributed by atoms with van der Waals surface area (Å²) in [6, 6.07) is 0. The fourth-order valence-electron chi connectivity index (χ4n) is 3.51. The van der Waals surface area contributed by atoms with Crippen LogP contribution in [-0.2, 0) is 14.3 Å². The lowest BCUT2D eigenvalue weighted by Crippen LogP contribution is -2.30. The Morgan fingerprint density at radius 2 is 1.67 bits per heavy atom. The van der Waals surface area contributed by atoms with Crippen molar-refractivity contribution in [1.29, 1.82) is 0 Å². The van der Waals surface area contributed by atoms with E-state index in [0.717, 1.165) is 38.0 Å². The Hall–Kier alpha value is -1.06. The van der Waals surface area contributed by atoms with Crippen LogP contribution >= 0.6 is 0 Å². The maximum atomic E-state index is 12.3. The first-order valence-electron chi connectivity index (χ1n) is 9.87. The molecule has 3 unspecified atom stereocenters. The summed E-state index contributed by atoms with van der Waals surface area (Å²) < 4.78 is 5.68. The van der Waals surface area contributed by atoms with Crippen LogP contribution in [0.3, 0.4) is 0 Å². The average Bonchev–Trinajstić information content (AvgIpc) is 2.56. The van der Waals surface area contributed by atoms with Gasteiger partial charge in [-0.25, -0.2) is 0 Å². The van der Waals surface area contributed by atoms with E-state index >= 15 is 0 Å². The van der Waals surface area contributed by atoms with Gasteiger partial charge in [-0.3, -0.25) is 9.59 Å². The van der Waals surface area contributed by atoms with E-state index in [-0.39, 0.29) is 23.9 Å². The van der Waals surface area contributed by atoms with Gasteiger partial charge in [-0.05, 0) is 44.4 Å². The molecule has 0 aromatic heterocycles. The second-order valence-corrected chi connectivity index (χ2v) is 7.75. The van der Waals surface area contributed by atoms with Gasteiger partial charge >= 0.3 is 11.9 Å². The first-order chi connectivity index (χ1) is 11.4. The summed E-state index contributed by atoms with van der Waals surface area (Å²) in [5, 5.41) is 9.13. The van der Waals surface area contributed by atoms with Gasteiger partial charge in [0.25, 0.3) is 0 Å². The van der Waals surface area contributed by atoms with Crippen molar-refractivity contribution in [1.82, 2.24) is 0 Å². The van der Waals surface area contributed by atoms with Crippen molar-refractivity contribution in [2.24, 2.45) is 17.8 Å². The Kier molecular flexibility index (Phi) is 10.0. The van der Waals surface area contributed by atoms with E-state index in [9.17, 15) is 9.59 Å². The molecule has 1 rings (SSSR count). The minimum Gasteiger partial charge on any atom is -0.481 e. The minimum absolute atomic E-state index is 0.00666. The van der Waals surface area contributed by atoms with Crippen molar-refractivity contribution >= 4 is 11.9 Å². The van der Waals surface area contributed by atoms with E-state index in [1.165, 1.54) is 25.7 Å². The zero-order chi connectivity index (χ0) is 17.9. The molecule has 0 saturated heterocycles. The zero-order valence-electron chi connectivity index (χ0n) is 15.8. The van der Waals surface area contributed by atoms with Gasteiger partial charge < -0.3 is 9.84 Å². The van der Waals surface area contributed by atoms with E-state index in [4.69, 9.17) is 9.84 Å². The van der Waals surface area contributed by atoms with Gasteiger partial charge in [0.1, 0.15) is 6.10 Å². The predicted molar refractivity (Wildman–Crippen MR) is 95.8 cm³/mol. The predicted octanol–water partition coefficient (Wildman–Crippen LogP) is 5.20. The number of aliphatic carboxylic acids is 1. The molecular formula is C20H36O4.